The molecule has 3 saturated heterocycles. The summed E-state index contributed by atoms with van der Waals surface area (Å²) < 4.78 is 2.05. The fraction of sp³-hybridized carbons (Fsp3) is 0.600. The zero-order valence-electron chi connectivity index (χ0n) is 15.6. The smallest absolute Gasteiger partial charge is 0.291 e. The van der Waals surface area contributed by atoms with Gasteiger partial charge in [0.2, 0.25) is 5.82 Å². The Morgan fingerprint density at radius 1 is 1.11 bits per heavy atom. The molecule has 4 aliphatic heterocycles. The Morgan fingerprint density at radius 2 is 2.07 bits per heavy atom. The molecule has 2 aromatic rings. The summed E-state index contributed by atoms with van der Waals surface area (Å²) >= 11 is 0. The lowest BCUT2D eigenvalue weighted by Crippen LogP contribution is -2.44. The van der Waals surface area contributed by atoms with Crippen molar-refractivity contribution in [3.05, 3.63) is 41.7 Å². The van der Waals surface area contributed by atoms with Crippen LogP contribution in [-0.4, -0.2) is 61.1 Å². The van der Waals surface area contributed by atoms with Crippen LogP contribution in [0.1, 0.15) is 47.8 Å². The van der Waals surface area contributed by atoms with Crippen LogP contribution in [0.4, 0.5) is 0 Å². The molecule has 27 heavy (non-hydrogen) atoms. The standard InChI is InChI=1S/C20H26N6O/c27-20(19-23-22-18-6-2-4-10-26(18)19)25-12-15-7-8-17(14-25)24(11-15)13-16-5-1-3-9-21-16/h1,3,5,9,15,17H,2,4,6-8,10-14H2/t15-,17-/m1/s1. The fourth-order valence-corrected chi connectivity index (χ4v) is 4.85. The van der Waals surface area contributed by atoms with Gasteiger partial charge >= 0.3 is 0 Å². The summed E-state index contributed by atoms with van der Waals surface area (Å²) in [6.07, 6.45) is 7.39. The summed E-state index contributed by atoms with van der Waals surface area (Å²) in [7, 11) is 0. The second-order valence-corrected chi connectivity index (χ2v) is 8.11. The van der Waals surface area contributed by atoms with Gasteiger partial charge in [0.15, 0.2) is 0 Å². The number of fused-ring (bicyclic) bond motifs is 5. The molecule has 0 unspecified atom stereocenters. The van der Waals surface area contributed by atoms with Crippen LogP contribution in [-0.2, 0) is 19.5 Å². The van der Waals surface area contributed by atoms with Crippen LogP contribution >= 0.6 is 0 Å². The van der Waals surface area contributed by atoms with E-state index < -0.39 is 0 Å². The summed E-state index contributed by atoms with van der Waals surface area (Å²) in [5.41, 5.74) is 1.11. The van der Waals surface area contributed by atoms with Gasteiger partial charge in [0.05, 0.1) is 5.69 Å². The largest absolute Gasteiger partial charge is 0.334 e. The third-order valence-corrected chi connectivity index (χ3v) is 6.26. The van der Waals surface area contributed by atoms with Crippen molar-refractivity contribution in [1.82, 2.24) is 29.5 Å². The third kappa shape index (κ3) is 3.25. The van der Waals surface area contributed by atoms with E-state index in [1.807, 2.05) is 27.8 Å². The normalized spacial score (nSPS) is 25.3. The van der Waals surface area contributed by atoms with Crippen molar-refractivity contribution in [2.24, 2.45) is 5.92 Å². The molecule has 2 atom stereocenters. The molecule has 0 saturated carbocycles. The van der Waals surface area contributed by atoms with Crippen molar-refractivity contribution in [2.75, 3.05) is 19.6 Å². The molecule has 6 heterocycles. The van der Waals surface area contributed by atoms with E-state index in [0.717, 1.165) is 69.9 Å². The van der Waals surface area contributed by atoms with Crippen molar-refractivity contribution in [3.8, 4) is 0 Å². The summed E-state index contributed by atoms with van der Waals surface area (Å²) in [5, 5.41) is 8.53. The Hall–Kier alpha value is -2.28. The van der Waals surface area contributed by atoms with Gasteiger partial charge in [-0.15, -0.1) is 10.2 Å². The van der Waals surface area contributed by atoms with Gasteiger partial charge in [0, 0.05) is 51.4 Å². The van der Waals surface area contributed by atoms with Crippen molar-refractivity contribution in [1.29, 1.82) is 0 Å². The van der Waals surface area contributed by atoms with Crippen LogP contribution in [0, 0.1) is 5.92 Å². The Morgan fingerprint density at radius 3 is 2.96 bits per heavy atom. The summed E-state index contributed by atoms with van der Waals surface area (Å²) in [6.45, 7) is 4.39. The molecular weight excluding hydrogens is 340 g/mol. The molecule has 7 heteroatoms. The molecule has 2 bridgehead atoms. The monoisotopic (exact) mass is 366 g/mol. The number of hydrogen-bond acceptors (Lipinski definition) is 5. The highest BCUT2D eigenvalue weighted by atomic mass is 16.2. The first-order valence-electron chi connectivity index (χ1n) is 10.1. The number of carbonyl (C=O) groups excluding carboxylic acids is 1. The van der Waals surface area contributed by atoms with Crippen molar-refractivity contribution in [2.45, 2.75) is 51.2 Å². The maximum absolute atomic E-state index is 13.2. The highest BCUT2D eigenvalue weighted by Gasteiger charge is 2.38. The van der Waals surface area contributed by atoms with E-state index in [4.69, 9.17) is 0 Å². The van der Waals surface area contributed by atoms with Gasteiger partial charge in [0.1, 0.15) is 5.82 Å². The minimum atomic E-state index is 0.0623. The van der Waals surface area contributed by atoms with Crippen LogP contribution < -0.4 is 0 Å². The lowest BCUT2D eigenvalue weighted by Gasteiger charge is -2.35. The number of nitrogens with zero attached hydrogens (tertiary/aromatic N) is 6. The van der Waals surface area contributed by atoms with Gasteiger partial charge in [-0.2, -0.15) is 0 Å². The molecule has 0 aliphatic carbocycles. The molecule has 7 nitrogen and oxygen atoms in total. The van der Waals surface area contributed by atoms with E-state index in [-0.39, 0.29) is 5.91 Å². The number of aryl methyl sites for hydroxylation is 1. The molecule has 1 amide bonds. The first-order chi connectivity index (χ1) is 13.3. The summed E-state index contributed by atoms with van der Waals surface area (Å²) in [5.74, 6) is 2.11. The SMILES string of the molecule is O=C(c1nnc2n1CCCC2)N1C[C@@H]2CC[C@H](C1)N(Cc1ccccn1)C2. The first-order valence-corrected chi connectivity index (χ1v) is 10.1. The van der Waals surface area contributed by atoms with Crippen LogP contribution in [0.15, 0.2) is 24.4 Å². The van der Waals surface area contributed by atoms with Gasteiger partial charge in [-0.1, -0.05) is 6.07 Å². The minimum Gasteiger partial charge on any atom is -0.334 e. The number of amides is 1. The average Bonchev–Trinajstić information content (AvgIpc) is 2.92. The average molecular weight is 366 g/mol. The molecule has 142 valence electrons. The number of hydrogen-bond donors (Lipinski definition) is 0. The van der Waals surface area contributed by atoms with E-state index in [0.29, 0.717) is 17.8 Å². The second-order valence-electron chi connectivity index (χ2n) is 8.11. The third-order valence-electron chi connectivity index (χ3n) is 6.26. The predicted molar refractivity (Wildman–Crippen MR) is 100 cm³/mol. The van der Waals surface area contributed by atoms with E-state index in [1.54, 1.807) is 0 Å². The van der Waals surface area contributed by atoms with Crippen molar-refractivity contribution in [3.63, 3.8) is 0 Å². The van der Waals surface area contributed by atoms with E-state index in [2.05, 4.69) is 26.1 Å². The Labute approximate surface area is 159 Å². The number of piperidine rings is 1. The zero-order chi connectivity index (χ0) is 18.2. The lowest BCUT2D eigenvalue weighted by molar-refractivity contribution is 0.0717. The van der Waals surface area contributed by atoms with Crippen LogP contribution in [0.2, 0.25) is 0 Å². The fourth-order valence-electron chi connectivity index (χ4n) is 4.85. The highest BCUT2D eigenvalue weighted by Crippen LogP contribution is 2.30. The molecule has 0 radical (unpaired) electrons. The van der Waals surface area contributed by atoms with Crippen molar-refractivity contribution >= 4 is 5.91 Å². The Bertz CT molecular complexity index is 819. The Kier molecular flexibility index (Phi) is 4.39. The topological polar surface area (TPSA) is 67.2 Å². The molecule has 0 aromatic carbocycles. The molecule has 3 fully saturated rings. The van der Waals surface area contributed by atoms with E-state index in [9.17, 15) is 4.79 Å². The van der Waals surface area contributed by atoms with Gasteiger partial charge in [-0.25, -0.2) is 0 Å². The van der Waals surface area contributed by atoms with E-state index >= 15 is 0 Å². The van der Waals surface area contributed by atoms with Gasteiger partial charge in [-0.05, 0) is 43.7 Å². The maximum Gasteiger partial charge on any atom is 0.291 e. The second kappa shape index (κ2) is 7.03. The molecule has 0 N–H and O–H groups in total. The van der Waals surface area contributed by atoms with Gasteiger partial charge < -0.3 is 9.47 Å². The number of aromatic nitrogens is 4. The van der Waals surface area contributed by atoms with E-state index in [1.165, 1.54) is 6.42 Å². The molecule has 2 aromatic heterocycles. The molecule has 6 rings (SSSR count). The van der Waals surface area contributed by atoms with Gasteiger partial charge in [0.25, 0.3) is 5.91 Å². The zero-order valence-corrected chi connectivity index (χ0v) is 15.6. The summed E-state index contributed by atoms with van der Waals surface area (Å²) in [4.78, 5) is 22.3. The maximum atomic E-state index is 13.2. The van der Waals surface area contributed by atoms with Crippen LogP contribution in [0.3, 0.4) is 0 Å². The number of pyridine rings is 1. The van der Waals surface area contributed by atoms with Crippen molar-refractivity contribution < 1.29 is 4.79 Å². The van der Waals surface area contributed by atoms with Crippen LogP contribution in [0.5, 0.6) is 0 Å². The van der Waals surface area contributed by atoms with Gasteiger partial charge in [-0.3, -0.25) is 14.7 Å². The summed E-state index contributed by atoms with van der Waals surface area (Å²) in [6, 6.07) is 6.49. The number of carbonyl (C=O) groups is 1. The minimum absolute atomic E-state index is 0.0623. The predicted octanol–water partition coefficient (Wildman–Crippen LogP) is 1.75. The first kappa shape index (κ1) is 16.9. The van der Waals surface area contributed by atoms with Crippen LogP contribution in [0.25, 0.3) is 0 Å². The molecule has 4 aliphatic rings. The number of rotatable bonds is 3. The quantitative estimate of drug-likeness (QED) is 0.828. The lowest BCUT2D eigenvalue weighted by atomic mass is 9.95. The molecule has 0 spiro atoms. The highest BCUT2D eigenvalue weighted by molar-refractivity contribution is 5.91. The Balaban J connectivity index is 1.34. The molecular formula is C20H26N6O.